The van der Waals surface area contributed by atoms with Gasteiger partial charge in [0.05, 0.1) is 5.02 Å². The van der Waals surface area contributed by atoms with Crippen molar-refractivity contribution in [3.63, 3.8) is 0 Å². The summed E-state index contributed by atoms with van der Waals surface area (Å²) in [4.78, 5) is 19.1. The average molecular weight is 562 g/mol. The minimum absolute atomic E-state index is 0.0579. The Bertz CT molecular complexity index is 1580. The molecule has 0 aliphatic carbocycles. The fourth-order valence-corrected chi connectivity index (χ4v) is 6.43. The molecule has 1 N–H and O–H groups in total. The highest BCUT2D eigenvalue weighted by atomic mass is 35.5. The van der Waals surface area contributed by atoms with Crippen molar-refractivity contribution in [1.29, 1.82) is 5.26 Å². The van der Waals surface area contributed by atoms with Crippen molar-refractivity contribution < 1.29 is 13.2 Å². The third-order valence-corrected chi connectivity index (χ3v) is 8.50. The fourth-order valence-electron chi connectivity index (χ4n) is 4.38. The first-order valence-corrected chi connectivity index (χ1v) is 14.1. The number of nitriles is 1. The molecule has 4 aromatic rings. The lowest BCUT2D eigenvalue weighted by Gasteiger charge is -2.25. The Kier molecular flexibility index (Phi) is 8.82. The molecule has 0 radical (unpaired) electrons. The van der Waals surface area contributed by atoms with E-state index >= 15 is 0 Å². The third kappa shape index (κ3) is 6.73. The number of rotatable bonds is 10. The molecular weight excluding hydrogens is 534 g/mol. The minimum Gasteiger partial charge on any atom is -0.340 e. The number of likely N-dealkylation sites (N-methyl/N-ethyl adjacent to an activating group) is 1. The van der Waals surface area contributed by atoms with E-state index in [-0.39, 0.29) is 29.4 Å². The van der Waals surface area contributed by atoms with Crippen molar-refractivity contribution >= 4 is 27.5 Å². The lowest BCUT2D eigenvalue weighted by molar-refractivity contribution is -0.132. The normalized spacial score (nSPS) is 12.1. The monoisotopic (exact) mass is 561 g/mol. The number of nitrogens with zero attached hydrogens (tertiary/aromatic N) is 4. The molecule has 0 aliphatic rings. The van der Waals surface area contributed by atoms with Crippen LogP contribution in [0.15, 0.2) is 90.2 Å². The highest BCUT2D eigenvalue weighted by Gasteiger charge is 2.30. The van der Waals surface area contributed by atoms with Crippen molar-refractivity contribution in [2.75, 3.05) is 7.05 Å². The standard InChI is InChI=1S/C29H28ClN5O3S/c1-21-5-3-7-26(30)28(21)39(37,38)33-27(14-18-35-17-4-6-25(35)19-31)29(36)34(2)20-22-8-10-23(11-9-22)24-12-15-32-16-13-24/h3-13,15-17,27,33H,14,18,20H2,1-2H3. The van der Waals surface area contributed by atoms with E-state index in [1.54, 1.807) is 61.4 Å². The van der Waals surface area contributed by atoms with E-state index in [2.05, 4.69) is 15.8 Å². The molecule has 0 fully saturated rings. The predicted molar refractivity (Wildman–Crippen MR) is 150 cm³/mol. The number of hydrogen-bond acceptors (Lipinski definition) is 5. The zero-order valence-electron chi connectivity index (χ0n) is 21.6. The smallest absolute Gasteiger partial charge is 0.243 e. The summed E-state index contributed by atoms with van der Waals surface area (Å²) < 4.78 is 31.1. The van der Waals surface area contributed by atoms with E-state index in [1.807, 2.05) is 36.4 Å². The van der Waals surface area contributed by atoms with E-state index in [0.717, 1.165) is 16.7 Å². The molecule has 0 aliphatic heterocycles. The number of hydrogen-bond donors (Lipinski definition) is 1. The van der Waals surface area contributed by atoms with Gasteiger partial charge >= 0.3 is 0 Å². The summed E-state index contributed by atoms with van der Waals surface area (Å²) in [5, 5.41) is 9.42. The highest BCUT2D eigenvalue weighted by molar-refractivity contribution is 7.89. The van der Waals surface area contributed by atoms with Gasteiger partial charge in [0.15, 0.2) is 0 Å². The van der Waals surface area contributed by atoms with E-state index < -0.39 is 22.0 Å². The van der Waals surface area contributed by atoms with E-state index in [0.29, 0.717) is 11.3 Å². The van der Waals surface area contributed by atoms with Crippen LogP contribution in [-0.4, -0.2) is 41.9 Å². The molecule has 2 heterocycles. The van der Waals surface area contributed by atoms with Crippen LogP contribution in [0.4, 0.5) is 0 Å². The average Bonchev–Trinajstić information content (AvgIpc) is 3.39. The lowest BCUT2D eigenvalue weighted by atomic mass is 10.0. The number of halogens is 1. The third-order valence-electron chi connectivity index (χ3n) is 6.39. The van der Waals surface area contributed by atoms with E-state index in [1.165, 1.54) is 11.0 Å². The molecule has 4 rings (SSSR count). The summed E-state index contributed by atoms with van der Waals surface area (Å²) in [6.07, 6.45) is 5.32. The quantitative estimate of drug-likeness (QED) is 0.300. The number of carbonyl (C=O) groups excluding carboxylic acids is 1. The first kappa shape index (κ1) is 28.0. The number of aromatic nitrogens is 2. The van der Waals surface area contributed by atoms with Gasteiger partial charge in [-0.25, -0.2) is 8.42 Å². The SMILES string of the molecule is Cc1cccc(Cl)c1S(=O)(=O)NC(CCn1cccc1C#N)C(=O)N(C)Cc1ccc(-c2ccncc2)cc1. The number of sulfonamides is 1. The van der Waals surface area contributed by atoms with Crippen LogP contribution in [0.3, 0.4) is 0 Å². The van der Waals surface area contributed by atoms with E-state index in [9.17, 15) is 18.5 Å². The Balaban J connectivity index is 1.55. The number of pyridine rings is 1. The maximum atomic E-state index is 13.6. The molecule has 1 amide bonds. The number of aryl methyl sites for hydroxylation is 2. The molecular formula is C29H28ClN5O3S. The minimum atomic E-state index is -4.12. The second-order valence-electron chi connectivity index (χ2n) is 9.17. The molecule has 2 aromatic carbocycles. The van der Waals surface area contributed by atoms with Crippen molar-refractivity contribution in [3.8, 4) is 17.2 Å². The topological polar surface area (TPSA) is 108 Å². The molecule has 8 nitrogen and oxygen atoms in total. The van der Waals surface area contributed by atoms with Crippen LogP contribution in [0.5, 0.6) is 0 Å². The zero-order chi connectivity index (χ0) is 28.0. The Morgan fingerprint density at radius 2 is 1.77 bits per heavy atom. The fraction of sp³-hybridized carbons (Fsp3) is 0.207. The molecule has 0 saturated carbocycles. The summed E-state index contributed by atoms with van der Waals surface area (Å²) in [5.41, 5.74) is 3.85. The first-order valence-electron chi connectivity index (χ1n) is 12.3. The Morgan fingerprint density at radius 3 is 2.44 bits per heavy atom. The number of carbonyl (C=O) groups is 1. The second-order valence-corrected chi connectivity index (χ2v) is 11.2. The summed E-state index contributed by atoms with van der Waals surface area (Å²) >= 11 is 6.24. The summed E-state index contributed by atoms with van der Waals surface area (Å²) in [6.45, 7) is 2.20. The van der Waals surface area contributed by atoms with Crippen molar-refractivity contribution in [3.05, 3.63) is 107 Å². The van der Waals surface area contributed by atoms with E-state index in [4.69, 9.17) is 11.6 Å². The van der Waals surface area contributed by atoms with Crippen LogP contribution >= 0.6 is 11.6 Å². The molecule has 200 valence electrons. The zero-order valence-corrected chi connectivity index (χ0v) is 23.2. The molecule has 0 bridgehead atoms. The van der Waals surface area contributed by atoms with Crippen LogP contribution in [0, 0.1) is 18.3 Å². The van der Waals surface area contributed by atoms with Crippen molar-refractivity contribution in [2.24, 2.45) is 0 Å². The Labute approximate surface area is 233 Å². The number of benzene rings is 2. The van der Waals surface area contributed by atoms with Gasteiger partial charge in [-0.1, -0.05) is 48.0 Å². The van der Waals surface area contributed by atoms with Gasteiger partial charge < -0.3 is 9.47 Å². The number of amides is 1. The first-order chi connectivity index (χ1) is 18.7. The van der Waals surface area contributed by atoms with Gasteiger partial charge in [-0.05, 0) is 65.9 Å². The lowest BCUT2D eigenvalue weighted by Crippen LogP contribution is -2.47. The number of nitrogens with one attached hydrogen (secondary N) is 1. The highest BCUT2D eigenvalue weighted by Crippen LogP contribution is 2.25. The molecule has 1 atom stereocenters. The molecule has 0 saturated heterocycles. The van der Waals surface area contributed by atoms with Crippen molar-refractivity contribution in [1.82, 2.24) is 19.2 Å². The summed E-state index contributed by atoms with van der Waals surface area (Å²) in [5.74, 6) is -0.396. The van der Waals surface area contributed by atoms with Gasteiger partial charge in [0.25, 0.3) is 0 Å². The van der Waals surface area contributed by atoms with Crippen LogP contribution in [0.2, 0.25) is 5.02 Å². The molecule has 2 aromatic heterocycles. The Morgan fingerprint density at radius 1 is 1.08 bits per heavy atom. The molecule has 10 heteroatoms. The largest absolute Gasteiger partial charge is 0.340 e. The predicted octanol–water partition coefficient (Wildman–Crippen LogP) is 4.78. The Hall–Kier alpha value is -3.97. The summed E-state index contributed by atoms with van der Waals surface area (Å²) in [7, 11) is -2.49. The maximum Gasteiger partial charge on any atom is 0.243 e. The summed E-state index contributed by atoms with van der Waals surface area (Å²) in [6, 6.07) is 20.9. The molecule has 0 spiro atoms. The van der Waals surface area contributed by atoms with Crippen molar-refractivity contribution in [2.45, 2.75) is 37.4 Å². The van der Waals surface area contributed by atoms with Gasteiger partial charge in [0.1, 0.15) is 22.7 Å². The van der Waals surface area contributed by atoms with Gasteiger partial charge in [0.2, 0.25) is 15.9 Å². The van der Waals surface area contributed by atoms with Gasteiger partial charge in [0, 0.05) is 38.7 Å². The van der Waals surface area contributed by atoms with Crippen LogP contribution < -0.4 is 4.72 Å². The second kappa shape index (κ2) is 12.3. The van der Waals surface area contributed by atoms with Crippen LogP contribution in [-0.2, 0) is 27.9 Å². The maximum absolute atomic E-state index is 13.6. The van der Waals surface area contributed by atoms with Gasteiger partial charge in [-0.15, -0.1) is 0 Å². The van der Waals surface area contributed by atoms with Crippen LogP contribution in [0.1, 0.15) is 23.2 Å². The van der Waals surface area contributed by atoms with Crippen LogP contribution in [0.25, 0.3) is 11.1 Å². The molecule has 39 heavy (non-hydrogen) atoms. The van der Waals surface area contributed by atoms with Gasteiger partial charge in [-0.2, -0.15) is 9.98 Å². The van der Waals surface area contributed by atoms with Gasteiger partial charge in [-0.3, -0.25) is 9.78 Å². The molecule has 1 unspecified atom stereocenters.